The summed E-state index contributed by atoms with van der Waals surface area (Å²) in [6.07, 6.45) is -3.05. The van der Waals surface area contributed by atoms with Gasteiger partial charge in [-0.25, -0.2) is 4.98 Å². The van der Waals surface area contributed by atoms with Crippen LogP contribution < -0.4 is 16.0 Å². The van der Waals surface area contributed by atoms with Crippen molar-refractivity contribution in [2.24, 2.45) is 11.7 Å². The molecule has 2 rings (SSSR count). The Hall–Kier alpha value is -0.960. The Morgan fingerprint density at radius 1 is 1.42 bits per heavy atom. The van der Waals surface area contributed by atoms with Crippen molar-refractivity contribution in [3.05, 3.63) is 22.8 Å². The number of amides is 1. The molecule has 0 aromatic carbocycles. The van der Waals surface area contributed by atoms with E-state index in [0.29, 0.717) is 25.3 Å². The Morgan fingerprint density at radius 2 is 2.04 bits per heavy atom. The number of hydrogen-bond donors (Lipinski definition) is 2. The van der Waals surface area contributed by atoms with Crippen molar-refractivity contribution in [1.82, 2.24) is 10.3 Å². The number of anilines is 1. The summed E-state index contributed by atoms with van der Waals surface area (Å²) < 4.78 is 38.0. The van der Waals surface area contributed by atoms with Gasteiger partial charge in [-0.2, -0.15) is 13.2 Å². The van der Waals surface area contributed by atoms with Crippen molar-refractivity contribution in [2.45, 2.75) is 38.5 Å². The van der Waals surface area contributed by atoms with Gasteiger partial charge in [-0.1, -0.05) is 18.5 Å². The number of pyridine rings is 1. The van der Waals surface area contributed by atoms with E-state index in [2.05, 4.69) is 10.3 Å². The summed E-state index contributed by atoms with van der Waals surface area (Å²) in [5, 5.41) is 2.85. The summed E-state index contributed by atoms with van der Waals surface area (Å²) >= 11 is 5.95. The maximum absolute atomic E-state index is 12.7. The van der Waals surface area contributed by atoms with Crippen LogP contribution in [0.4, 0.5) is 19.0 Å². The van der Waals surface area contributed by atoms with Gasteiger partial charge in [0.15, 0.2) is 0 Å². The molecule has 3 N–H and O–H groups in total. The molecule has 0 aliphatic carbocycles. The third kappa shape index (κ3) is 6.04. The van der Waals surface area contributed by atoms with E-state index < -0.39 is 11.7 Å². The van der Waals surface area contributed by atoms with Crippen LogP contribution >= 0.6 is 36.4 Å². The largest absolute Gasteiger partial charge is 0.417 e. The summed E-state index contributed by atoms with van der Waals surface area (Å²) in [6, 6.07) is 0.501. The van der Waals surface area contributed by atoms with Crippen LogP contribution in [0.3, 0.4) is 0 Å². The van der Waals surface area contributed by atoms with Crippen LogP contribution in [0.2, 0.25) is 5.02 Å². The summed E-state index contributed by atoms with van der Waals surface area (Å²) in [7, 11) is 0. The molecular weight excluding hydrogens is 416 g/mol. The van der Waals surface area contributed by atoms with Gasteiger partial charge in [0.25, 0.3) is 0 Å². The summed E-state index contributed by atoms with van der Waals surface area (Å²) in [5.74, 6) is -0.156. The zero-order chi connectivity index (χ0) is 18.1. The van der Waals surface area contributed by atoms with Gasteiger partial charge in [0.2, 0.25) is 5.91 Å². The number of alkyl halides is 3. The molecule has 3 atom stereocenters. The minimum absolute atomic E-state index is 0. The van der Waals surface area contributed by atoms with Crippen LogP contribution in [0.25, 0.3) is 0 Å². The second-order valence-corrected chi connectivity index (χ2v) is 6.52. The number of carbonyl (C=O) groups excluding carboxylic acids is 1. The van der Waals surface area contributed by atoms with E-state index in [1.165, 1.54) is 0 Å². The summed E-state index contributed by atoms with van der Waals surface area (Å²) in [4.78, 5) is 17.6. The fourth-order valence-electron chi connectivity index (χ4n) is 2.46. The van der Waals surface area contributed by atoms with Crippen LogP contribution in [0, 0.1) is 5.92 Å². The van der Waals surface area contributed by atoms with Gasteiger partial charge in [0.1, 0.15) is 5.82 Å². The molecule has 26 heavy (non-hydrogen) atoms. The van der Waals surface area contributed by atoms with E-state index in [0.717, 1.165) is 12.3 Å². The molecule has 0 spiro atoms. The fourth-order valence-corrected chi connectivity index (χ4v) is 2.75. The van der Waals surface area contributed by atoms with Gasteiger partial charge in [-0.15, -0.1) is 24.8 Å². The Morgan fingerprint density at radius 3 is 2.54 bits per heavy atom. The molecular formula is C15H22Cl3F3N4O. The van der Waals surface area contributed by atoms with Gasteiger partial charge >= 0.3 is 6.18 Å². The number of carbonyl (C=O) groups is 1. The first kappa shape index (κ1) is 25.0. The lowest BCUT2D eigenvalue weighted by Gasteiger charge is -2.21. The topological polar surface area (TPSA) is 71.2 Å². The first-order valence-electron chi connectivity index (χ1n) is 7.63. The van der Waals surface area contributed by atoms with E-state index in [-0.39, 0.29) is 53.7 Å². The minimum atomic E-state index is -4.48. The van der Waals surface area contributed by atoms with Crippen molar-refractivity contribution in [3.8, 4) is 0 Å². The van der Waals surface area contributed by atoms with Gasteiger partial charge in [0.05, 0.1) is 10.6 Å². The normalized spacial score (nSPS) is 19.2. The van der Waals surface area contributed by atoms with E-state index in [9.17, 15) is 18.0 Å². The highest BCUT2D eigenvalue weighted by atomic mass is 35.5. The van der Waals surface area contributed by atoms with Gasteiger partial charge in [-0.05, 0) is 19.4 Å². The monoisotopic (exact) mass is 436 g/mol. The van der Waals surface area contributed by atoms with Crippen molar-refractivity contribution in [2.75, 3.05) is 18.0 Å². The average Bonchev–Trinajstić information content (AvgIpc) is 2.93. The smallest absolute Gasteiger partial charge is 0.353 e. The highest BCUT2D eigenvalue weighted by Gasteiger charge is 2.33. The van der Waals surface area contributed by atoms with Crippen LogP contribution in [-0.4, -0.2) is 36.1 Å². The number of halogens is 6. The van der Waals surface area contributed by atoms with Gasteiger partial charge in [-0.3, -0.25) is 4.79 Å². The molecule has 0 radical (unpaired) electrons. The molecule has 2 heterocycles. The lowest BCUT2D eigenvalue weighted by molar-refractivity contribution is -0.137. The maximum atomic E-state index is 12.7. The molecule has 0 saturated carbocycles. The molecule has 150 valence electrons. The van der Waals surface area contributed by atoms with Crippen LogP contribution in [0.15, 0.2) is 12.3 Å². The average molecular weight is 438 g/mol. The molecule has 1 saturated heterocycles. The van der Waals surface area contributed by atoms with Crippen molar-refractivity contribution < 1.29 is 18.0 Å². The summed E-state index contributed by atoms with van der Waals surface area (Å²) in [5.41, 5.74) is 4.82. The number of nitrogens with zero attached hydrogens (tertiary/aromatic N) is 2. The van der Waals surface area contributed by atoms with Gasteiger partial charge < -0.3 is 16.0 Å². The third-order valence-electron chi connectivity index (χ3n) is 4.19. The van der Waals surface area contributed by atoms with Crippen molar-refractivity contribution in [3.63, 3.8) is 0 Å². The number of aromatic nitrogens is 1. The zero-order valence-corrected chi connectivity index (χ0v) is 16.6. The molecule has 1 aliphatic heterocycles. The molecule has 5 nitrogen and oxygen atoms in total. The zero-order valence-electron chi connectivity index (χ0n) is 14.2. The van der Waals surface area contributed by atoms with E-state index >= 15 is 0 Å². The molecule has 3 unspecified atom stereocenters. The Balaban J connectivity index is 0.00000312. The van der Waals surface area contributed by atoms with Crippen molar-refractivity contribution >= 4 is 48.1 Å². The standard InChI is InChI=1S/C15H20ClF3N4O.2ClH/c1-8(9(2)20)14(24)22-11-3-4-23(7-11)13-12(16)5-10(6-21-13)15(17,18)19;;/h5-6,8-9,11H,3-4,7,20H2,1-2H3,(H,22,24);2*1H. The molecule has 1 fully saturated rings. The number of hydrogen-bond acceptors (Lipinski definition) is 4. The Labute approximate surface area is 167 Å². The first-order chi connectivity index (χ1) is 11.1. The highest BCUT2D eigenvalue weighted by molar-refractivity contribution is 6.33. The second kappa shape index (κ2) is 9.82. The lowest BCUT2D eigenvalue weighted by atomic mass is 10.0. The maximum Gasteiger partial charge on any atom is 0.417 e. The van der Waals surface area contributed by atoms with Gasteiger partial charge in [0, 0.05) is 37.3 Å². The molecule has 1 amide bonds. The minimum Gasteiger partial charge on any atom is -0.353 e. The molecule has 0 bridgehead atoms. The predicted octanol–water partition coefficient (Wildman–Crippen LogP) is 3.28. The molecule has 1 aromatic rings. The van der Waals surface area contributed by atoms with Crippen LogP contribution in [0.1, 0.15) is 25.8 Å². The Kier molecular flexibility index (Phi) is 9.46. The molecule has 1 aromatic heterocycles. The number of nitrogens with one attached hydrogen (secondary N) is 1. The highest BCUT2D eigenvalue weighted by Crippen LogP contribution is 2.34. The SMILES string of the molecule is CC(N)C(C)C(=O)NC1CCN(c2ncc(C(F)(F)F)cc2Cl)C1.Cl.Cl. The van der Waals surface area contributed by atoms with Crippen molar-refractivity contribution in [1.29, 1.82) is 0 Å². The first-order valence-corrected chi connectivity index (χ1v) is 8.01. The van der Waals surface area contributed by atoms with Crippen LogP contribution in [-0.2, 0) is 11.0 Å². The predicted molar refractivity (Wildman–Crippen MR) is 100 cm³/mol. The third-order valence-corrected chi connectivity index (χ3v) is 4.46. The fraction of sp³-hybridized carbons (Fsp3) is 0.600. The molecule has 1 aliphatic rings. The quantitative estimate of drug-likeness (QED) is 0.758. The Bertz CT molecular complexity index is 616. The lowest BCUT2D eigenvalue weighted by Crippen LogP contribution is -2.44. The van der Waals surface area contributed by atoms with E-state index in [1.807, 2.05) is 0 Å². The molecule has 11 heteroatoms. The van der Waals surface area contributed by atoms with E-state index in [1.54, 1.807) is 18.7 Å². The second-order valence-electron chi connectivity index (χ2n) is 6.12. The summed E-state index contributed by atoms with van der Waals surface area (Å²) in [6.45, 7) is 4.50. The van der Waals surface area contributed by atoms with Crippen LogP contribution in [0.5, 0.6) is 0 Å². The number of rotatable bonds is 4. The van der Waals surface area contributed by atoms with E-state index in [4.69, 9.17) is 17.3 Å². The number of nitrogens with two attached hydrogens (primary N) is 1.